The number of hydrogen-bond donors (Lipinski definition) is 1. The third kappa shape index (κ3) is 3.04. The molecule has 1 aliphatic heterocycles. The zero-order valence-electron chi connectivity index (χ0n) is 12.2. The van der Waals surface area contributed by atoms with Gasteiger partial charge in [-0.15, -0.1) is 0 Å². The van der Waals surface area contributed by atoms with Crippen molar-refractivity contribution in [3.8, 4) is 0 Å². The molecule has 1 aromatic rings. The van der Waals surface area contributed by atoms with Crippen molar-refractivity contribution in [2.45, 2.75) is 38.8 Å². The van der Waals surface area contributed by atoms with Crippen molar-refractivity contribution in [2.24, 2.45) is 11.8 Å². The lowest BCUT2D eigenvalue weighted by Gasteiger charge is -2.31. The zero-order valence-corrected chi connectivity index (χ0v) is 12.2. The van der Waals surface area contributed by atoms with Crippen LogP contribution in [0.4, 0.5) is 0 Å². The molecule has 0 spiro atoms. The molecular formula is C17H24N2O. The Morgan fingerprint density at radius 2 is 2.05 bits per heavy atom. The van der Waals surface area contributed by atoms with E-state index in [1.54, 1.807) is 0 Å². The van der Waals surface area contributed by atoms with Gasteiger partial charge in [-0.1, -0.05) is 30.3 Å². The van der Waals surface area contributed by atoms with Gasteiger partial charge < -0.3 is 10.2 Å². The standard InChI is InChI=1S/C17H24N2O/c1-13(15-7-8-15)19(12-14-5-3-2-4-6-14)17(20)16-9-10-18-11-16/h2-6,13,15-16,18H,7-12H2,1H3. The smallest absolute Gasteiger partial charge is 0.227 e. The summed E-state index contributed by atoms with van der Waals surface area (Å²) in [6, 6.07) is 10.7. The normalized spacial score (nSPS) is 23.6. The maximum atomic E-state index is 12.8. The zero-order chi connectivity index (χ0) is 13.9. The number of benzene rings is 1. The Bertz CT molecular complexity index is 449. The molecule has 3 rings (SSSR count). The number of nitrogens with zero attached hydrogens (tertiary/aromatic N) is 1. The Kier molecular flexibility index (Phi) is 4.06. The molecule has 0 bridgehead atoms. The van der Waals surface area contributed by atoms with Gasteiger partial charge in [0.15, 0.2) is 0 Å². The lowest BCUT2D eigenvalue weighted by Crippen LogP contribution is -2.43. The van der Waals surface area contributed by atoms with Gasteiger partial charge in [-0.05, 0) is 44.2 Å². The van der Waals surface area contributed by atoms with Crippen LogP contribution in [0.15, 0.2) is 30.3 Å². The first-order chi connectivity index (χ1) is 9.75. The highest BCUT2D eigenvalue weighted by molar-refractivity contribution is 5.79. The fraction of sp³-hybridized carbons (Fsp3) is 0.588. The minimum Gasteiger partial charge on any atom is -0.335 e. The van der Waals surface area contributed by atoms with E-state index in [-0.39, 0.29) is 5.92 Å². The van der Waals surface area contributed by atoms with Crippen molar-refractivity contribution in [3.05, 3.63) is 35.9 Å². The average Bonchev–Trinajstić information content (AvgIpc) is 3.19. The van der Waals surface area contributed by atoms with Gasteiger partial charge in [-0.25, -0.2) is 0 Å². The molecule has 3 heteroatoms. The van der Waals surface area contributed by atoms with Crippen LogP contribution in [0.25, 0.3) is 0 Å². The molecule has 1 heterocycles. The van der Waals surface area contributed by atoms with Crippen LogP contribution in [0.5, 0.6) is 0 Å². The van der Waals surface area contributed by atoms with E-state index >= 15 is 0 Å². The minimum absolute atomic E-state index is 0.180. The van der Waals surface area contributed by atoms with E-state index < -0.39 is 0 Å². The molecule has 1 saturated carbocycles. The molecule has 2 atom stereocenters. The predicted octanol–water partition coefficient (Wildman–Crippen LogP) is 2.42. The van der Waals surface area contributed by atoms with E-state index in [4.69, 9.17) is 0 Å². The van der Waals surface area contributed by atoms with Crippen LogP contribution in [0.3, 0.4) is 0 Å². The molecule has 0 aromatic heterocycles. The summed E-state index contributed by atoms with van der Waals surface area (Å²) in [5.41, 5.74) is 1.24. The van der Waals surface area contributed by atoms with E-state index in [1.165, 1.54) is 18.4 Å². The van der Waals surface area contributed by atoms with Crippen molar-refractivity contribution in [2.75, 3.05) is 13.1 Å². The summed E-state index contributed by atoms with van der Waals surface area (Å²) >= 11 is 0. The molecule has 0 radical (unpaired) electrons. The summed E-state index contributed by atoms with van der Waals surface area (Å²) in [6.45, 7) is 4.81. The fourth-order valence-electron chi connectivity index (χ4n) is 3.14. The maximum Gasteiger partial charge on any atom is 0.227 e. The molecule has 1 aromatic carbocycles. The van der Waals surface area contributed by atoms with Crippen LogP contribution >= 0.6 is 0 Å². The molecule has 2 aliphatic rings. The van der Waals surface area contributed by atoms with E-state index in [9.17, 15) is 4.79 Å². The van der Waals surface area contributed by atoms with E-state index in [0.29, 0.717) is 11.9 Å². The van der Waals surface area contributed by atoms with Gasteiger partial charge >= 0.3 is 0 Å². The first-order valence-electron chi connectivity index (χ1n) is 7.81. The second kappa shape index (κ2) is 5.96. The van der Waals surface area contributed by atoms with Crippen LogP contribution in [0, 0.1) is 11.8 Å². The number of amides is 1. The molecule has 1 N–H and O–H groups in total. The Morgan fingerprint density at radius 1 is 1.30 bits per heavy atom. The lowest BCUT2D eigenvalue weighted by atomic mass is 10.0. The lowest BCUT2D eigenvalue weighted by molar-refractivity contribution is -0.138. The number of rotatable bonds is 5. The highest BCUT2D eigenvalue weighted by Gasteiger charge is 2.37. The Balaban J connectivity index is 1.74. The van der Waals surface area contributed by atoms with Crippen LogP contribution in [-0.4, -0.2) is 29.9 Å². The van der Waals surface area contributed by atoms with Crippen LogP contribution < -0.4 is 5.32 Å². The highest BCUT2D eigenvalue weighted by atomic mass is 16.2. The van der Waals surface area contributed by atoms with E-state index in [0.717, 1.165) is 32.0 Å². The Morgan fingerprint density at radius 3 is 2.65 bits per heavy atom. The summed E-state index contributed by atoms with van der Waals surface area (Å²) in [7, 11) is 0. The van der Waals surface area contributed by atoms with Gasteiger partial charge in [0.05, 0.1) is 5.92 Å². The molecule has 3 nitrogen and oxygen atoms in total. The third-order valence-corrected chi connectivity index (χ3v) is 4.68. The predicted molar refractivity (Wildman–Crippen MR) is 80.2 cm³/mol. The third-order valence-electron chi connectivity index (χ3n) is 4.68. The van der Waals surface area contributed by atoms with Crippen molar-refractivity contribution >= 4 is 5.91 Å². The van der Waals surface area contributed by atoms with Gasteiger partial charge in [-0.2, -0.15) is 0 Å². The summed E-state index contributed by atoms with van der Waals surface area (Å²) in [6.07, 6.45) is 3.55. The summed E-state index contributed by atoms with van der Waals surface area (Å²) < 4.78 is 0. The summed E-state index contributed by atoms with van der Waals surface area (Å²) in [4.78, 5) is 14.9. The van der Waals surface area contributed by atoms with Gasteiger partial charge in [-0.3, -0.25) is 4.79 Å². The quantitative estimate of drug-likeness (QED) is 0.893. The molecule has 108 valence electrons. The van der Waals surface area contributed by atoms with Gasteiger partial charge in [0.1, 0.15) is 0 Å². The fourth-order valence-corrected chi connectivity index (χ4v) is 3.14. The number of nitrogens with one attached hydrogen (secondary N) is 1. The Labute approximate surface area is 121 Å². The molecule has 1 amide bonds. The number of hydrogen-bond acceptors (Lipinski definition) is 2. The SMILES string of the molecule is CC(C1CC1)N(Cc1ccccc1)C(=O)C1CCNC1. The van der Waals surface area contributed by atoms with Gasteiger partial charge in [0.25, 0.3) is 0 Å². The van der Waals surface area contributed by atoms with Crippen molar-refractivity contribution in [3.63, 3.8) is 0 Å². The maximum absolute atomic E-state index is 12.8. The Hall–Kier alpha value is -1.35. The monoisotopic (exact) mass is 272 g/mol. The number of carbonyl (C=O) groups excluding carboxylic acids is 1. The first-order valence-corrected chi connectivity index (χ1v) is 7.81. The molecule has 1 aliphatic carbocycles. The van der Waals surface area contributed by atoms with Gasteiger partial charge in [0.2, 0.25) is 5.91 Å². The van der Waals surface area contributed by atoms with Crippen molar-refractivity contribution in [1.82, 2.24) is 10.2 Å². The molecule has 2 fully saturated rings. The largest absolute Gasteiger partial charge is 0.335 e. The highest BCUT2D eigenvalue weighted by Crippen LogP contribution is 2.36. The molecule has 20 heavy (non-hydrogen) atoms. The van der Waals surface area contributed by atoms with Gasteiger partial charge in [0, 0.05) is 19.1 Å². The first kappa shape index (κ1) is 13.6. The number of carbonyl (C=O) groups is 1. The minimum atomic E-state index is 0.180. The molecule has 2 unspecified atom stereocenters. The van der Waals surface area contributed by atoms with Crippen molar-refractivity contribution in [1.29, 1.82) is 0 Å². The van der Waals surface area contributed by atoms with E-state index in [2.05, 4.69) is 41.4 Å². The second-order valence-corrected chi connectivity index (χ2v) is 6.22. The second-order valence-electron chi connectivity index (χ2n) is 6.22. The average molecular weight is 272 g/mol. The molecule has 1 saturated heterocycles. The summed E-state index contributed by atoms with van der Waals surface area (Å²) in [5.74, 6) is 1.25. The van der Waals surface area contributed by atoms with Crippen LogP contribution in [-0.2, 0) is 11.3 Å². The summed E-state index contributed by atoms with van der Waals surface area (Å²) in [5, 5.41) is 3.31. The van der Waals surface area contributed by atoms with E-state index in [1.807, 2.05) is 6.07 Å². The molecular weight excluding hydrogens is 248 g/mol. The van der Waals surface area contributed by atoms with Crippen molar-refractivity contribution < 1.29 is 4.79 Å². The topological polar surface area (TPSA) is 32.3 Å². The van der Waals surface area contributed by atoms with Crippen LogP contribution in [0.2, 0.25) is 0 Å². The van der Waals surface area contributed by atoms with Crippen LogP contribution in [0.1, 0.15) is 31.7 Å².